The highest BCUT2D eigenvalue weighted by Gasteiger charge is 2.32. The third kappa shape index (κ3) is 8.29. The standard InChI is InChI=1S/C23H34F2N2O3.ClH/c1-15(28)27-22(11-17-9-18(24)12-19(25)10-17)23(29)21-8-7-20(13-26-21)30-14-16-5-3-2-4-6-16;/h9-10,12,16,20-23,26,29H,2-8,11,13-14H2,1H3,(H,27,28);1H/t20-,21-,22+,23-;/m1./s1. The quantitative estimate of drug-likeness (QED) is 0.555. The molecule has 0 spiro atoms. The molecule has 2 aliphatic rings. The number of aliphatic hydroxyl groups excluding tert-OH is 1. The lowest BCUT2D eigenvalue weighted by Crippen LogP contribution is -2.56. The predicted molar refractivity (Wildman–Crippen MR) is 118 cm³/mol. The number of piperidine rings is 1. The lowest BCUT2D eigenvalue weighted by Gasteiger charge is -2.36. The van der Waals surface area contributed by atoms with Gasteiger partial charge in [0.2, 0.25) is 5.91 Å². The van der Waals surface area contributed by atoms with Crippen LogP contribution in [0.25, 0.3) is 0 Å². The van der Waals surface area contributed by atoms with E-state index >= 15 is 0 Å². The van der Waals surface area contributed by atoms with Crippen molar-refractivity contribution in [2.75, 3.05) is 13.2 Å². The number of ether oxygens (including phenoxy) is 1. The van der Waals surface area contributed by atoms with Gasteiger partial charge in [-0.2, -0.15) is 0 Å². The van der Waals surface area contributed by atoms with Gasteiger partial charge in [0.05, 0.1) is 18.2 Å². The summed E-state index contributed by atoms with van der Waals surface area (Å²) in [6.45, 7) is 2.82. The molecule has 1 aromatic rings. The average Bonchev–Trinajstić information content (AvgIpc) is 2.71. The Hall–Kier alpha value is -1.28. The maximum absolute atomic E-state index is 13.5. The van der Waals surface area contributed by atoms with Crippen molar-refractivity contribution in [1.29, 1.82) is 0 Å². The Labute approximate surface area is 189 Å². The number of rotatable bonds is 8. The van der Waals surface area contributed by atoms with Gasteiger partial charge in [0.25, 0.3) is 0 Å². The Balaban J connectivity index is 0.00000341. The third-order valence-corrected chi connectivity index (χ3v) is 6.29. The molecule has 0 bridgehead atoms. The molecule has 1 amide bonds. The molecule has 1 saturated carbocycles. The first-order valence-corrected chi connectivity index (χ1v) is 11.2. The van der Waals surface area contributed by atoms with Gasteiger partial charge in [-0.05, 0) is 55.7 Å². The van der Waals surface area contributed by atoms with Crippen molar-refractivity contribution in [3.63, 3.8) is 0 Å². The smallest absolute Gasteiger partial charge is 0.217 e. The van der Waals surface area contributed by atoms with Crippen LogP contribution in [0.1, 0.15) is 57.4 Å². The number of halogens is 3. The number of carbonyl (C=O) groups is 1. The Morgan fingerprint density at radius 1 is 1.16 bits per heavy atom. The Bertz CT molecular complexity index is 675. The number of nitrogens with one attached hydrogen (secondary N) is 2. The number of hydrogen-bond donors (Lipinski definition) is 3. The van der Waals surface area contributed by atoms with E-state index in [1.54, 1.807) is 0 Å². The number of hydrogen-bond acceptors (Lipinski definition) is 4. The molecule has 5 nitrogen and oxygen atoms in total. The molecule has 2 fully saturated rings. The third-order valence-electron chi connectivity index (χ3n) is 6.29. The van der Waals surface area contributed by atoms with Crippen LogP contribution in [0.4, 0.5) is 8.78 Å². The van der Waals surface area contributed by atoms with Crippen LogP contribution in [0.15, 0.2) is 18.2 Å². The van der Waals surface area contributed by atoms with Crippen molar-refractivity contribution in [2.45, 2.75) is 82.6 Å². The van der Waals surface area contributed by atoms with Gasteiger partial charge in [-0.1, -0.05) is 19.3 Å². The lowest BCUT2D eigenvalue weighted by molar-refractivity contribution is -0.120. The molecule has 176 valence electrons. The summed E-state index contributed by atoms with van der Waals surface area (Å²) in [5.41, 5.74) is 0.398. The van der Waals surface area contributed by atoms with E-state index in [4.69, 9.17) is 4.74 Å². The second kappa shape index (κ2) is 12.7. The first-order valence-electron chi connectivity index (χ1n) is 11.2. The molecular weight excluding hydrogens is 426 g/mol. The number of amides is 1. The molecule has 1 aromatic carbocycles. The maximum atomic E-state index is 13.5. The summed E-state index contributed by atoms with van der Waals surface area (Å²) in [5.74, 6) is -0.970. The largest absolute Gasteiger partial charge is 0.389 e. The monoisotopic (exact) mass is 460 g/mol. The molecule has 1 aliphatic carbocycles. The van der Waals surface area contributed by atoms with Gasteiger partial charge in [-0.15, -0.1) is 12.4 Å². The zero-order valence-corrected chi connectivity index (χ0v) is 18.9. The summed E-state index contributed by atoms with van der Waals surface area (Å²) in [5, 5.41) is 17.0. The van der Waals surface area contributed by atoms with E-state index in [1.807, 2.05) is 0 Å². The normalized spacial score (nSPS) is 24.1. The fourth-order valence-electron chi connectivity index (χ4n) is 4.69. The molecule has 3 N–H and O–H groups in total. The first-order chi connectivity index (χ1) is 14.4. The Morgan fingerprint density at radius 2 is 1.84 bits per heavy atom. The lowest BCUT2D eigenvalue weighted by atomic mass is 9.89. The zero-order chi connectivity index (χ0) is 21.5. The highest BCUT2D eigenvalue weighted by Crippen LogP contribution is 2.25. The van der Waals surface area contributed by atoms with E-state index < -0.39 is 23.8 Å². The van der Waals surface area contributed by atoms with Crippen LogP contribution >= 0.6 is 12.4 Å². The summed E-state index contributed by atoms with van der Waals surface area (Å²) in [6.07, 6.45) is 7.38. The molecule has 1 aliphatic heterocycles. The van der Waals surface area contributed by atoms with Crippen molar-refractivity contribution in [1.82, 2.24) is 10.6 Å². The van der Waals surface area contributed by atoms with Crippen LogP contribution in [0, 0.1) is 17.6 Å². The topological polar surface area (TPSA) is 70.6 Å². The predicted octanol–water partition coefficient (Wildman–Crippen LogP) is 3.51. The van der Waals surface area contributed by atoms with Gasteiger partial charge in [0.15, 0.2) is 0 Å². The molecule has 0 aromatic heterocycles. The van der Waals surface area contributed by atoms with E-state index in [0.717, 1.165) is 19.1 Å². The van der Waals surface area contributed by atoms with Gasteiger partial charge in [-0.25, -0.2) is 8.78 Å². The van der Waals surface area contributed by atoms with Gasteiger partial charge in [0, 0.05) is 32.2 Å². The highest BCUT2D eigenvalue weighted by atomic mass is 35.5. The minimum atomic E-state index is -0.875. The second-order valence-corrected chi connectivity index (χ2v) is 8.83. The minimum Gasteiger partial charge on any atom is -0.389 e. The highest BCUT2D eigenvalue weighted by molar-refractivity contribution is 5.85. The summed E-state index contributed by atoms with van der Waals surface area (Å²) < 4.78 is 33.2. The molecule has 8 heteroatoms. The van der Waals surface area contributed by atoms with E-state index in [2.05, 4.69) is 10.6 Å². The second-order valence-electron chi connectivity index (χ2n) is 8.83. The SMILES string of the molecule is CC(=O)N[C@@H](Cc1cc(F)cc(F)c1)[C@H](O)[C@H]1CC[C@@H](OCC2CCCCC2)CN1.Cl. The fourth-order valence-corrected chi connectivity index (χ4v) is 4.69. The van der Waals surface area contributed by atoms with Crippen LogP contribution in [-0.4, -0.2) is 48.5 Å². The summed E-state index contributed by atoms with van der Waals surface area (Å²) in [6, 6.07) is 2.42. The van der Waals surface area contributed by atoms with Crippen molar-refractivity contribution in [3.05, 3.63) is 35.4 Å². The molecule has 0 unspecified atom stereocenters. The van der Waals surface area contributed by atoms with Gasteiger partial charge in [0.1, 0.15) is 11.6 Å². The van der Waals surface area contributed by atoms with Crippen LogP contribution in [0.2, 0.25) is 0 Å². The van der Waals surface area contributed by atoms with Gasteiger partial charge in [-0.3, -0.25) is 4.79 Å². The molecular formula is C23H35ClF2N2O3. The molecule has 0 radical (unpaired) electrons. The van der Waals surface area contributed by atoms with E-state index in [1.165, 1.54) is 51.2 Å². The number of aliphatic hydroxyl groups is 1. The van der Waals surface area contributed by atoms with Gasteiger partial charge >= 0.3 is 0 Å². The van der Waals surface area contributed by atoms with Crippen LogP contribution in [0.5, 0.6) is 0 Å². The van der Waals surface area contributed by atoms with Crippen molar-refractivity contribution >= 4 is 18.3 Å². The van der Waals surface area contributed by atoms with Crippen molar-refractivity contribution < 1.29 is 23.4 Å². The van der Waals surface area contributed by atoms with E-state index in [-0.39, 0.29) is 36.9 Å². The Morgan fingerprint density at radius 3 is 2.42 bits per heavy atom. The summed E-state index contributed by atoms with van der Waals surface area (Å²) in [4.78, 5) is 11.6. The molecule has 1 heterocycles. The molecule has 3 rings (SSSR count). The Kier molecular flexibility index (Phi) is 10.6. The first kappa shape index (κ1) is 26.0. The average molecular weight is 461 g/mol. The van der Waals surface area contributed by atoms with Crippen LogP contribution in [0.3, 0.4) is 0 Å². The van der Waals surface area contributed by atoms with Crippen molar-refractivity contribution in [2.24, 2.45) is 5.92 Å². The molecule has 4 atom stereocenters. The van der Waals surface area contributed by atoms with Crippen LogP contribution in [-0.2, 0) is 16.0 Å². The van der Waals surface area contributed by atoms with Crippen LogP contribution < -0.4 is 10.6 Å². The molecule has 31 heavy (non-hydrogen) atoms. The fraction of sp³-hybridized carbons (Fsp3) is 0.696. The van der Waals surface area contributed by atoms with Crippen molar-refractivity contribution in [3.8, 4) is 0 Å². The van der Waals surface area contributed by atoms with E-state index in [9.17, 15) is 18.7 Å². The number of benzene rings is 1. The van der Waals surface area contributed by atoms with E-state index in [0.29, 0.717) is 24.4 Å². The zero-order valence-electron chi connectivity index (χ0n) is 18.1. The number of carbonyl (C=O) groups excluding carboxylic acids is 1. The summed E-state index contributed by atoms with van der Waals surface area (Å²) in [7, 11) is 0. The molecule has 1 saturated heterocycles. The minimum absolute atomic E-state index is 0. The maximum Gasteiger partial charge on any atom is 0.217 e. The summed E-state index contributed by atoms with van der Waals surface area (Å²) >= 11 is 0. The van der Waals surface area contributed by atoms with Gasteiger partial charge < -0.3 is 20.5 Å².